The molecular weight excluding hydrogens is 291 g/mol. The molecule has 0 saturated heterocycles. The molecule has 1 aromatic carbocycles. The lowest BCUT2D eigenvalue weighted by molar-refractivity contribution is 0.655. The van der Waals surface area contributed by atoms with Crippen LogP contribution < -0.4 is 5.73 Å². The maximum Gasteiger partial charge on any atom is 0.164 e. The molecule has 0 spiro atoms. The number of halogens is 1. The summed E-state index contributed by atoms with van der Waals surface area (Å²) in [5.74, 6) is -0.614. The number of fused-ring (bicyclic) bond motifs is 1. The molecule has 3 N–H and O–H groups in total. The fourth-order valence-corrected chi connectivity index (χ4v) is 2.64. The lowest BCUT2D eigenvalue weighted by Gasteiger charge is -2.05. The summed E-state index contributed by atoms with van der Waals surface area (Å²) in [6.07, 6.45) is 1.51. The first-order chi connectivity index (χ1) is 10.8. The highest BCUT2D eigenvalue weighted by Crippen LogP contribution is 2.26. The molecule has 5 heteroatoms. The summed E-state index contributed by atoms with van der Waals surface area (Å²) in [7, 11) is 0. The molecule has 1 heterocycles. The van der Waals surface area contributed by atoms with Gasteiger partial charge in [-0.15, -0.1) is 0 Å². The van der Waals surface area contributed by atoms with Gasteiger partial charge in [0.1, 0.15) is 0 Å². The van der Waals surface area contributed by atoms with E-state index in [1.54, 1.807) is 6.92 Å². The number of aromatic amines is 1. The zero-order chi connectivity index (χ0) is 17.1. The standard InChI is InChI=1S/C18H23FN4/c1-6-7-11(3)15(19)18(20)21-13(5)17-14-9-10(2)8-12(4)16(14)22-23-17/h8-9H,5-7H2,1-4H3,(H2,20,21)(H,22,23)/b15-11-. The second-order valence-electron chi connectivity index (χ2n) is 5.86. The van der Waals surface area contributed by atoms with Crippen LogP contribution in [0.1, 0.15) is 43.5 Å². The zero-order valence-electron chi connectivity index (χ0n) is 14.1. The van der Waals surface area contributed by atoms with Gasteiger partial charge in [0.05, 0.1) is 16.9 Å². The number of aliphatic imine (C=N–C) groups is 1. The minimum atomic E-state index is -0.468. The largest absolute Gasteiger partial charge is 0.381 e. The predicted octanol–water partition coefficient (Wildman–Crippen LogP) is 4.55. The van der Waals surface area contributed by atoms with Gasteiger partial charge in [-0.1, -0.05) is 31.6 Å². The van der Waals surface area contributed by atoms with Gasteiger partial charge in [-0.25, -0.2) is 9.38 Å². The monoisotopic (exact) mass is 314 g/mol. The third kappa shape index (κ3) is 3.50. The van der Waals surface area contributed by atoms with Crippen LogP contribution in [0.25, 0.3) is 16.6 Å². The molecule has 0 amide bonds. The molecule has 0 aliphatic heterocycles. The zero-order valence-corrected chi connectivity index (χ0v) is 14.1. The third-order valence-corrected chi connectivity index (χ3v) is 3.76. The molecule has 0 aliphatic carbocycles. The van der Waals surface area contributed by atoms with Gasteiger partial charge in [0, 0.05) is 5.39 Å². The van der Waals surface area contributed by atoms with Gasteiger partial charge in [-0.3, -0.25) is 5.10 Å². The first-order valence-electron chi connectivity index (χ1n) is 7.69. The highest BCUT2D eigenvalue weighted by atomic mass is 19.1. The number of aromatic nitrogens is 2. The molecule has 0 aliphatic rings. The minimum Gasteiger partial charge on any atom is -0.381 e. The molecule has 0 saturated carbocycles. The van der Waals surface area contributed by atoms with Crippen LogP contribution in [0, 0.1) is 13.8 Å². The second kappa shape index (κ2) is 6.77. The number of allylic oxidation sites excluding steroid dienone is 1. The van der Waals surface area contributed by atoms with Gasteiger partial charge in [0.15, 0.2) is 11.7 Å². The van der Waals surface area contributed by atoms with Gasteiger partial charge >= 0.3 is 0 Å². The van der Waals surface area contributed by atoms with E-state index in [1.807, 2.05) is 26.8 Å². The molecule has 23 heavy (non-hydrogen) atoms. The maximum atomic E-state index is 14.2. The lowest BCUT2D eigenvalue weighted by atomic mass is 10.1. The summed E-state index contributed by atoms with van der Waals surface area (Å²) in [6, 6.07) is 4.07. The smallest absolute Gasteiger partial charge is 0.164 e. The molecule has 2 rings (SSSR count). The van der Waals surface area contributed by atoms with Crippen molar-refractivity contribution in [2.75, 3.05) is 0 Å². The Morgan fingerprint density at radius 2 is 2.09 bits per heavy atom. The number of rotatable bonds is 5. The average Bonchev–Trinajstić information content (AvgIpc) is 2.90. The number of benzene rings is 1. The molecular formula is C18H23FN4. The minimum absolute atomic E-state index is 0.145. The molecule has 0 fully saturated rings. The Morgan fingerprint density at radius 1 is 1.39 bits per heavy atom. The molecule has 2 aromatic rings. The predicted molar refractivity (Wildman–Crippen MR) is 94.9 cm³/mol. The van der Waals surface area contributed by atoms with Crippen molar-refractivity contribution in [2.45, 2.75) is 40.5 Å². The van der Waals surface area contributed by atoms with Crippen molar-refractivity contribution in [1.82, 2.24) is 10.2 Å². The van der Waals surface area contributed by atoms with Crippen molar-refractivity contribution in [3.63, 3.8) is 0 Å². The van der Waals surface area contributed by atoms with Crippen molar-refractivity contribution in [3.05, 3.63) is 46.9 Å². The summed E-state index contributed by atoms with van der Waals surface area (Å²) >= 11 is 0. The number of H-pyrrole nitrogens is 1. The number of hydrogen-bond acceptors (Lipinski definition) is 2. The van der Waals surface area contributed by atoms with Crippen molar-refractivity contribution in [3.8, 4) is 0 Å². The molecule has 0 radical (unpaired) electrons. The topological polar surface area (TPSA) is 67.1 Å². The van der Waals surface area contributed by atoms with Crippen LogP contribution in [-0.2, 0) is 0 Å². The molecule has 0 atom stereocenters. The summed E-state index contributed by atoms with van der Waals surface area (Å²) < 4.78 is 14.2. The van der Waals surface area contributed by atoms with Gasteiger partial charge in [0.2, 0.25) is 0 Å². The third-order valence-electron chi connectivity index (χ3n) is 3.76. The van der Waals surface area contributed by atoms with E-state index < -0.39 is 5.83 Å². The van der Waals surface area contributed by atoms with Gasteiger partial charge in [-0.05, 0) is 44.4 Å². The summed E-state index contributed by atoms with van der Waals surface area (Å²) in [5.41, 5.74) is 10.5. The number of nitrogens with two attached hydrogens (primary N) is 1. The molecule has 0 bridgehead atoms. The van der Waals surface area contributed by atoms with Crippen molar-refractivity contribution < 1.29 is 4.39 Å². The van der Waals surface area contributed by atoms with Crippen LogP contribution in [0.3, 0.4) is 0 Å². The van der Waals surface area contributed by atoms with Gasteiger partial charge in [-0.2, -0.15) is 5.10 Å². The normalized spacial score (nSPS) is 13.3. The van der Waals surface area contributed by atoms with Crippen LogP contribution >= 0.6 is 0 Å². The molecule has 122 valence electrons. The summed E-state index contributed by atoms with van der Waals surface area (Å²) in [4.78, 5) is 4.13. The second-order valence-corrected chi connectivity index (χ2v) is 5.86. The SMILES string of the molecule is C=C(N=C(N)/C(F)=C(\C)CCC)c1[nH]nc2c(C)cc(C)cc12. The molecule has 0 unspecified atom stereocenters. The number of amidine groups is 1. The Hall–Kier alpha value is -2.43. The fraction of sp³-hybridized carbons (Fsp3) is 0.333. The Labute approximate surface area is 136 Å². The first kappa shape index (κ1) is 16.9. The highest BCUT2D eigenvalue weighted by molar-refractivity contribution is 6.00. The van der Waals surface area contributed by atoms with Gasteiger partial charge < -0.3 is 5.73 Å². The van der Waals surface area contributed by atoms with Gasteiger partial charge in [0.25, 0.3) is 0 Å². The fourth-order valence-electron chi connectivity index (χ4n) is 2.64. The van der Waals surface area contributed by atoms with E-state index in [0.29, 0.717) is 23.4 Å². The van der Waals surface area contributed by atoms with E-state index in [2.05, 4.69) is 27.8 Å². The lowest BCUT2D eigenvalue weighted by Crippen LogP contribution is -2.14. The number of hydrogen-bond donors (Lipinski definition) is 2. The van der Waals surface area contributed by atoms with E-state index in [4.69, 9.17) is 5.73 Å². The number of nitrogens with zero attached hydrogens (tertiary/aromatic N) is 2. The van der Waals surface area contributed by atoms with Crippen LogP contribution in [-0.4, -0.2) is 16.0 Å². The van der Waals surface area contributed by atoms with E-state index in [9.17, 15) is 4.39 Å². The Kier molecular flexibility index (Phi) is 4.98. The van der Waals surface area contributed by atoms with E-state index in [0.717, 1.165) is 28.5 Å². The van der Waals surface area contributed by atoms with Crippen LogP contribution in [0.2, 0.25) is 0 Å². The Bertz CT molecular complexity index is 812. The Morgan fingerprint density at radius 3 is 2.74 bits per heavy atom. The average molecular weight is 314 g/mol. The van der Waals surface area contributed by atoms with Crippen LogP contribution in [0.15, 0.2) is 35.1 Å². The van der Waals surface area contributed by atoms with Crippen molar-refractivity contribution in [2.24, 2.45) is 10.7 Å². The van der Waals surface area contributed by atoms with E-state index >= 15 is 0 Å². The Balaban J connectivity index is 2.42. The molecule has 1 aromatic heterocycles. The summed E-state index contributed by atoms with van der Waals surface area (Å²) in [6.45, 7) is 11.6. The maximum absolute atomic E-state index is 14.2. The molecule has 4 nitrogen and oxygen atoms in total. The van der Waals surface area contributed by atoms with E-state index in [1.165, 1.54) is 0 Å². The van der Waals surface area contributed by atoms with E-state index in [-0.39, 0.29) is 5.84 Å². The number of aryl methyl sites for hydroxylation is 2. The van der Waals surface area contributed by atoms with Crippen LogP contribution in [0.4, 0.5) is 4.39 Å². The summed E-state index contributed by atoms with van der Waals surface area (Å²) in [5, 5.41) is 8.14. The van der Waals surface area contributed by atoms with Crippen molar-refractivity contribution >= 4 is 22.4 Å². The highest BCUT2D eigenvalue weighted by Gasteiger charge is 2.13. The van der Waals surface area contributed by atoms with Crippen LogP contribution in [0.5, 0.6) is 0 Å². The van der Waals surface area contributed by atoms with Crippen molar-refractivity contribution in [1.29, 1.82) is 0 Å². The number of nitrogens with one attached hydrogen (secondary N) is 1. The first-order valence-corrected chi connectivity index (χ1v) is 7.69. The quantitative estimate of drug-likeness (QED) is 0.628.